The van der Waals surface area contributed by atoms with Crippen molar-refractivity contribution in [3.05, 3.63) is 66.0 Å². The fraction of sp³-hybridized carbons (Fsp3) is 0.238. The molecule has 0 fully saturated rings. The van der Waals surface area contributed by atoms with Gasteiger partial charge in [0.25, 0.3) is 0 Å². The lowest BCUT2D eigenvalue weighted by Crippen LogP contribution is -2.17. The van der Waals surface area contributed by atoms with Gasteiger partial charge in [-0.3, -0.25) is 5.32 Å². The highest BCUT2D eigenvalue weighted by Gasteiger charge is 2.18. The maximum Gasteiger partial charge on any atom is 0.412 e. The molecule has 0 aliphatic carbocycles. The van der Waals surface area contributed by atoms with E-state index in [9.17, 15) is 19.1 Å². The Morgan fingerprint density at radius 1 is 1.24 bits per heavy atom. The highest BCUT2D eigenvalue weighted by atomic mass is 32.2. The number of phenols is 1. The Balaban J connectivity index is 2.05. The second kappa shape index (κ2) is 11.1. The zero-order chi connectivity index (χ0) is 21.2. The van der Waals surface area contributed by atoms with Crippen molar-refractivity contribution in [3.63, 3.8) is 0 Å². The molecule has 0 unspecified atom stereocenters. The maximum atomic E-state index is 13.7. The predicted molar refractivity (Wildman–Crippen MR) is 110 cm³/mol. The van der Waals surface area contributed by atoms with Crippen molar-refractivity contribution < 1.29 is 28.9 Å². The van der Waals surface area contributed by atoms with Crippen LogP contribution in [0, 0.1) is 5.82 Å². The van der Waals surface area contributed by atoms with Gasteiger partial charge in [-0.05, 0) is 67.5 Å². The van der Waals surface area contributed by atoms with Gasteiger partial charge in [-0.1, -0.05) is 12.1 Å². The fourth-order valence-electron chi connectivity index (χ4n) is 2.57. The van der Waals surface area contributed by atoms with Gasteiger partial charge in [0.05, 0.1) is 0 Å². The van der Waals surface area contributed by atoms with Crippen molar-refractivity contribution >= 4 is 29.5 Å². The van der Waals surface area contributed by atoms with Crippen LogP contribution in [0.25, 0.3) is 0 Å². The Morgan fingerprint density at radius 2 is 1.97 bits per heavy atom. The first-order chi connectivity index (χ1) is 13.9. The van der Waals surface area contributed by atoms with E-state index in [1.54, 1.807) is 23.9 Å². The van der Waals surface area contributed by atoms with Gasteiger partial charge in [0.15, 0.2) is 11.6 Å². The quantitative estimate of drug-likeness (QED) is 0.288. The molecule has 0 saturated carbocycles. The lowest BCUT2D eigenvalue weighted by atomic mass is 10.0. The number of allylic oxidation sites excluding steroid dienone is 1. The number of aromatic hydroxyl groups is 1. The van der Waals surface area contributed by atoms with E-state index in [1.807, 2.05) is 18.4 Å². The van der Waals surface area contributed by atoms with Crippen LogP contribution in [0.4, 0.5) is 14.9 Å². The van der Waals surface area contributed by atoms with Crippen LogP contribution in [0.5, 0.6) is 5.75 Å². The Morgan fingerprint density at radius 3 is 2.59 bits per heavy atom. The van der Waals surface area contributed by atoms with Crippen molar-refractivity contribution in [1.82, 2.24) is 0 Å². The summed E-state index contributed by atoms with van der Waals surface area (Å²) in [5.74, 6) is -2.34. The topological polar surface area (TPSA) is 95.9 Å². The summed E-state index contributed by atoms with van der Waals surface area (Å²) in [5.41, 5.74) is 0.961. The van der Waals surface area contributed by atoms with Crippen molar-refractivity contribution in [2.45, 2.75) is 30.3 Å². The largest absolute Gasteiger partial charge is 0.505 e. The number of hydrogen-bond donors (Lipinski definition) is 3. The number of phenolic OH excluding ortho intramolecular Hbond substituents is 1. The van der Waals surface area contributed by atoms with E-state index in [2.05, 4.69) is 5.32 Å². The van der Waals surface area contributed by atoms with Crippen LogP contribution in [0.15, 0.2) is 59.5 Å². The normalized spacial score (nSPS) is 11.9. The number of anilines is 1. The molecule has 8 heteroatoms. The number of rotatable bonds is 9. The second-order valence-corrected chi connectivity index (χ2v) is 7.01. The van der Waals surface area contributed by atoms with Crippen molar-refractivity contribution in [2.75, 3.05) is 11.6 Å². The van der Waals surface area contributed by atoms with E-state index in [-0.39, 0.29) is 0 Å². The van der Waals surface area contributed by atoms with Gasteiger partial charge in [-0.25, -0.2) is 14.0 Å². The molecule has 2 aromatic rings. The van der Waals surface area contributed by atoms with Gasteiger partial charge in [0.1, 0.15) is 6.10 Å². The number of hydrogen-bond acceptors (Lipinski definition) is 5. The number of carboxylic acids is 1. The molecule has 1 atom stereocenters. The number of halogens is 1. The number of carboxylic acid groups (broad SMARTS) is 1. The number of aliphatic carboxylic acids is 1. The highest BCUT2D eigenvalue weighted by Crippen LogP contribution is 2.28. The summed E-state index contributed by atoms with van der Waals surface area (Å²) in [7, 11) is 0. The van der Waals surface area contributed by atoms with E-state index >= 15 is 0 Å². The third-order valence-corrected chi connectivity index (χ3v) is 4.77. The first-order valence-corrected chi connectivity index (χ1v) is 10.1. The van der Waals surface area contributed by atoms with Crippen molar-refractivity contribution in [2.24, 2.45) is 0 Å². The van der Waals surface area contributed by atoms with E-state index in [0.29, 0.717) is 30.5 Å². The van der Waals surface area contributed by atoms with E-state index in [0.717, 1.165) is 17.0 Å². The molecule has 0 saturated heterocycles. The average Bonchev–Trinajstić information content (AvgIpc) is 2.69. The van der Waals surface area contributed by atoms with Gasteiger partial charge in [0.2, 0.25) is 0 Å². The summed E-state index contributed by atoms with van der Waals surface area (Å²) in [4.78, 5) is 23.9. The van der Waals surface area contributed by atoms with Crippen LogP contribution in [0.1, 0.15) is 30.9 Å². The number of benzene rings is 2. The Hall–Kier alpha value is -3.00. The highest BCUT2D eigenvalue weighted by molar-refractivity contribution is 7.98. The molecule has 1 amide bonds. The minimum Gasteiger partial charge on any atom is -0.505 e. The molecule has 3 N–H and O–H groups in total. The van der Waals surface area contributed by atoms with E-state index in [1.165, 1.54) is 18.2 Å². The van der Waals surface area contributed by atoms with E-state index < -0.39 is 29.7 Å². The number of unbranched alkanes of at least 4 members (excludes halogenated alkanes) is 1. The molecule has 0 heterocycles. The summed E-state index contributed by atoms with van der Waals surface area (Å²) >= 11 is 1.58. The summed E-state index contributed by atoms with van der Waals surface area (Å²) in [6.07, 6.45) is 4.38. The van der Waals surface area contributed by atoms with Gasteiger partial charge in [0, 0.05) is 16.7 Å². The van der Waals surface area contributed by atoms with Gasteiger partial charge < -0.3 is 14.9 Å². The Bertz CT molecular complexity index is 870. The third-order valence-electron chi connectivity index (χ3n) is 4.03. The lowest BCUT2D eigenvalue weighted by Gasteiger charge is -2.19. The number of ether oxygens (including phenoxy) is 1. The number of carbonyl (C=O) groups excluding carboxylic acids is 1. The van der Waals surface area contributed by atoms with Crippen LogP contribution in [0.3, 0.4) is 0 Å². The minimum atomic E-state index is -1.04. The Kier molecular flexibility index (Phi) is 8.54. The molecule has 0 aliphatic heterocycles. The van der Waals surface area contributed by atoms with Crippen LogP contribution in [0.2, 0.25) is 0 Å². The second-order valence-electron chi connectivity index (χ2n) is 6.13. The smallest absolute Gasteiger partial charge is 0.412 e. The molecule has 6 nitrogen and oxygen atoms in total. The molecule has 0 aromatic heterocycles. The van der Waals surface area contributed by atoms with Crippen LogP contribution in [-0.4, -0.2) is 28.5 Å². The summed E-state index contributed by atoms with van der Waals surface area (Å²) in [5, 5.41) is 20.6. The standard InChI is InChI=1S/C21H22FNO5S/c1-29-16-10-8-15(9-11-16)23-21(27)28-19(5-3-2-4-6-20(25)26)14-7-12-18(24)17(22)13-14/h4,6-13,19,24H,2-3,5H2,1H3,(H,23,27)(H,25,26)/b6-4+/t19-/m0/s1. The zero-order valence-electron chi connectivity index (χ0n) is 15.8. The van der Waals surface area contributed by atoms with Gasteiger partial charge in [-0.2, -0.15) is 0 Å². The summed E-state index contributed by atoms with van der Waals surface area (Å²) < 4.78 is 19.2. The SMILES string of the molecule is CSc1ccc(NC(=O)O[C@@H](CCC/C=C/C(=O)O)c2ccc(O)c(F)c2)cc1. The number of amides is 1. The van der Waals surface area contributed by atoms with Crippen molar-refractivity contribution in [3.8, 4) is 5.75 Å². The fourth-order valence-corrected chi connectivity index (χ4v) is 2.98. The number of nitrogens with one attached hydrogen (secondary N) is 1. The molecule has 2 aromatic carbocycles. The number of carbonyl (C=O) groups is 2. The average molecular weight is 419 g/mol. The number of thioether (sulfide) groups is 1. The summed E-state index contributed by atoms with van der Waals surface area (Å²) in [6, 6.07) is 11.0. The monoisotopic (exact) mass is 419 g/mol. The van der Waals surface area contributed by atoms with Gasteiger partial charge in [-0.15, -0.1) is 11.8 Å². The van der Waals surface area contributed by atoms with Crippen LogP contribution < -0.4 is 5.32 Å². The third kappa shape index (κ3) is 7.50. The first-order valence-electron chi connectivity index (χ1n) is 8.88. The summed E-state index contributed by atoms with van der Waals surface area (Å²) in [6.45, 7) is 0. The molecule has 2 rings (SSSR count). The van der Waals surface area contributed by atoms with E-state index in [4.69, 9.17) is 9.84 Å². The molecule has 0 bridgehead atoms. The van der Waals surface area contributed by atoms with Gasteiger partial charge >= 0.3 is 12.1 Å². The van der Waals surface area contributed by atoms with Crippen molar-refractivity contribution in [1.29, 1.82) is 0 Å². The molecule has 0 spiro atoms. The molecule has 29 heavy (non-hydrogen) atoms. The van der Waals surface area contributed by atoms with Crippen LogP contribution >= 0.6 is 11.8 Å². The molecule has 0 radical (unpaired) electrons. The maximum absolute atomic E-state index is 13.7. The minimum absolute atomic E-state index is 0.354. The predicted octanol–water partition coefficient (Wildman–Crippen LogP) is 5.35. The van der Waals surface area contributed by atoms with Crippen LogP contribution in [-0.2, 0) is 9.53 Å². The lowest BCUT2D eigenvalue weighted by molar-refractivity contribution is -0.131. The zero-order valence-corrected chi connectivity index (χ0v) is 16.6. The molecular weight excluding hydrogens is 397 g/mol. The Labute approximate surface area is 172 Å². The first kappa shape index (κ1) is 22.3. The molecular formula is C21H22FNO5S. The molecule has 0 aliphatic rings. The molecule has 154 valence electrons.